The first kappa shape index (κ1) is 16.2. The molecule has 0 fully saturated rings. The molecule has 128 valence electrons. The van der Waals surface area contributed by atoms with Crippen molar-refractivity contribution in [3.05, 3.63) is 59.1 Å². The fourth-order valence-corrected chi connectivity index (χ4v) is 3.92. The number of phenolic OH excluding ortho intramolecular Hbond substituents is 2. The van der Waals surface area contributed by atoms with Gasteiger partial charge in [0.25, 0.3) is 0 Å². The molecule has 5 rings (SSSR count). The zero-order valence-corrected chi connectivity index (χ0v) is 15.6. The van der Waals surface area contributed by atoms with Gasteiger partial charge in [0.2, 0.25) is 0 Å². The number of aromatic amines is 1. The van der Waals surface area contributed by atoms with Crippen molar-refractivity contribution in [2.45, 2.75) is 0 Å². The summed E-state index contributed by atoms with van der Waals surface area (Å²) in [6.07, 6.45) is 0. The Hall–Kier alpha value is -2.99. The fourth-order valence-electron chi connectivity index (χ4n) is 3.56. The number of nitrogens with zero attached hydrogens (tertiary/aromatic N) is 1. The first-order valence-electron chi connectivity index (χ1n) is 8.34. The summed E-state index contributed by atoms with van der Waals surface area (Å²) in [5.41, 5.74) is 2.91. The van der Waals surface area contributed by atoms with E-state index in [9.17, 15) is 10.2 Å². The van der Waals surface area contributed by atoms with Gasteiger partial charge in [-0.05, 0) is 35.0 Å². The molecule has 0 bridgehead atoms. The lowest BCUT2D eigenvalue weighted by molar-refractivity contribution is 0.451. The van der Waals surface area contributed by atoms with Gasteiger partial charge in [0, 0.05) is 21.3 Å². The van der Waals surface area contributed by atoms with Gasteiger partial charge in [0.1, 0.15) is 25.2 Å². The van der Waals surface area contributed by atoms with Crippen LogP contribution in [-0.2, 0) is 0 Å². The molecular formula is C21H12BBrN2O2. The van der Waals surface area contributed by atoms with Crippen LogP contribution in [0.25, 0.3) is 44.0 Å². The second-order valence-corrected chi connectivity index (χ2v) is 7.42. The highest BCUT2D eigenvalue weighted by Crippen LogP contribution is 2.38. The maximum atomic E-state index is 10.2. The zero-order chi connectivity index (χ0) is 18.7. The lowest BCUT2D eigenvalue weighted by Crippen LogP contribution is -2.00. The Morgan fingerprint density at radius 3 is 2.44 bits per heavy atom. The summed E-state index contributed by atoms with van der Waals surface area (Å²) < 4.78 is 0.977. The summed E-state index contributed by atoms with van der Waals surface area (Å²) >= 11 is 3.54. The maximum Gasteiger partial charge on any atom is 0.142 e. The minimum Gasteiger partial charge on any atom is -0.508 e. The van der Waals surface area contributed by atoms with Crippen molar-refractivity contribution in [1.82, 2.24) is 9.97 Å². The number of aromatic nitrogens is 2. The van der Waals surface area contributed by atoms with E-state index in [0.29, 0.717) is 16.9 Å². The molecule has 0 saturated heterocycles. The number of benzene rings is 4. The number of phenols is 2. The van der Waals surface area contributed by atoms with Crippen LogP contribution < -0.4 is 5.46 Å². The van der Waals surface area contributed by atoms with E-state index < -0.39 is 0 Å². The highest BCUT2D eigenvalue weighted by molar-refractivity contribution is 9.10. The number of H-pyrrole nitrogens is 1. The summed E-state index contributed by atoms with van der Waals surface area (Å²) in [6, 6.07) is 16.3. The largest absolute Gasteiger partial charge is 0.508 e. The molecule has 1 heterocycles. The van der Waals surface area contributed by atoms with Gasteiger partial charge in [-0.1, -0.05) is 45.7 Å². The number of rotatable bonds is 1. The molecule has 0 amide bonds. The Morgan fingerprint density at radius 2 is 1.63 bits per heavy atom. The molecule has 3 N–H and O–H groups in total. The monoisotopic (exact) mass is 414 g/mol. The van der Waals surface area contributed by atoms with Crippen molar-refractivity contribution in [3.8, 4) is 22.9 Å². The number of fused-ring (bicyclic) bond motifs is 6. The van der Waals surface area contributed by atoms with Crippen molar-refractivity contribution in [3.63, 3.8) is 0 Å². The smallest absolute Gasteiger partial charge is 0.142 e. The molecule has 4 aromatic carbocycles. The third kappa shape index (κ3) is 2.48. The molecule has 0 unspecified atom stereocenters. The summed E-state index contributed by atoms with van der Waals surface area (Å²) in [5.74, 6) is 0.509. The predicted molar refractivity (Wildman–Crippen MR) is 113 cm³/mol. The third-order valence-corrected chi connectivity index (χ3v) is 5.27. The lowest BCUT2D eigenvalue weighted by Gasteiger charge is -2.07. The number of nitrogens with one attached hydrogen (secondary N) is 1. The lowest BCUT2D eigenvalue weighted by atomic mass is 9.91. The Balaban J connectivity index is 1.94. The predicted octanol–water partition coefficient (Wildman–Crippen LogP) is 4.50. The van der Waals surface area contributed by atoms with Crippen molar-refractivity contribution in [2.75, 3.05) is 0 Å². The van der Waals surface area contributed by atoms with Crippen LogP contribution in [0.1, 0.15) is 0 Å². The average Bonchev–Trinajstić information content (AvgIpc) is 3.06. The SMILES string of the molecule is [B]c1ccc2c(c1)c1cc(Br)ccc1c1nc(-c3ccc(O)cc3O)[nH]c21. The molecule has 5 aromatic rings. The Bertz CT molecular complexity index is 1300. The highest BCUT2D eigenvalue weighted by atomic mass is 79.9. The summed E-state index contributed by atoms with van der Waals surface area (Å²) in [7, 11) is 6.03. The standard InChI is InChI=1S/C21H12BBrN2O2/c22-10-1-4-13-16(7-10)17-8-11(23)2-5-14(17)20-19(13)24-21(25-20)15-6-3-12(26)9-18(15)27/h1-9,26-27H,(H,24,25). The van der Waals surface area contributed by atoms with E-state index in [4.69, 9.17) is 12.8 Å². The fraction of sp³-hybridized carbons (Fsp3) is 0. The van der Waals surface area contributed by atoms with Gasteiger partial charge in [-0.3, -0.25) is 0 Å². The molecule has 27 heavy (non-hydrogen) atoms. The van der Waals surface area contributed by atoms with Crippen LogP contribution >= 0.6 is 15.9 Å². The third-order valence-electron chi connectivity index (χ3n) is 4.78. The summed E-state index contributed by atoms with van der Waals surface area (Å²) in [6.45, 7) is 0. The van der Waals surface area contributed by atoms with E-state index in [1.165, 1.54) is 12.1 Å². The normalized spacial score (nSPS) is 11.6. The van der Waals surface area contributed by atoms with E-state index in [1.54, 1.807) is 6.07 Å². The number of imidazole rings is 1. The highest BCUT2D eigenvalue weighted by Gasteiger charge is 2.16. The van der Waals surface area contributed by atoms with Crippen LogP contribution in [0.4, 0.5) is 0 Å². The van der Waals surface area contributed by atoms with Crippen molar-refractivity contribution in [2.24, 2.45) is 0 Å². The number of aromatic hydroxyl groups is 2. The topological polar surface area (TPSA) is 69.1 Å². The van der Waals surface area contributed by atoms with Crippen LogP contribution in [0.2, 0.25) is 0 Å². The molecule has 0 aliphatic heterocycles. The molecule has 0 aliphatic rings. The quantitative estimate of drug-likeness (QED) is 0.279. The molecule has 0 aliphatic carbocycles. The van der Waals surface area contributed by atoms with Crippen LogP contribution in [0.15, 0.2) is 59.1 Å². The molecule has 0 atom stereocenters. The van der Waals surface area contributed by atoms with Crippen LogP contribution in [0, 0.1) is 0 Å². The molecule has 2 radical (unpaired) electrons. The minimum absolute atomic E-state index is 0.00332. The van der Waals surface area contributed by atoms with Gasteiger partial charge in [-0.25, -0.2) is 4.98 Å². The first-order valence-corrected chi connectivity index (χ1v) is 9.13. The van der Waals surface area contributed by atoms with Crippen molar-refractivity contribution in [1.29, 1.82) is 0 Å². The summed E-state index contributed by atoms with van der Waals surface area (Å²) in [4.78, 5) is 8.10. The van der Waals surface area contributed by atoms with Gasteiger partial charge in [-0.15, -0.1) is 0 Å². The van der Waals surface area contributed by atoms with E-state index in [1.807, 2.05) is 30.3 Å². The van der Waals surface area contributed by atoms with Crippen LogP contribution in [0.5, 0.6) is 11.5 Å². The molecule has 0 spiro atoms. The second kappa shape index (κ2) is 5.76. The Morgan fingerprint density at radius 1 is 0.852 bits per heavy atom. The van der Waals surface area contributed by atoms with E-state index in [2.05, 4.69) is 27.0 Å². The van der Waals surface area contributed by atoms with Gasteiger partial charge >= 0.3 is 0 Å². The van der Waals surface area contributed by atoms with E-state index in [-0.39, 0.29) is 11.5 Å². The van der Waals surface area contributed by atoms with Gasteiger partial charge in [0.15, 0.2) is 0 Å². The van der Waals surface area contributed by atoms with Gasteiger partial charge < -0.3 is 15.2 Å². The average molecular weight is 415 g/mol. The van der Waals surface area contributed by atoms with Crippen LogP contribution in [-0.4, -0.2) is 28.0 Å². The minimum atomic E-state index is -0.0327. The molecule has 6 heteroatoms. The zero-order valence-electron chi connectivity index (χ0n) is 14.0. The van der Waals surface area contributed by atoms with E-state index in [0.717, 1.165) is 37.1 Å². The Kier molecular flexibility index (Phi) is 3.46. The molecule has 0 saturated carbocycles. The summed E-state index contributed by atoms with van der Waals surface area (Å²) in [5, 5.41) is 23.9. The molecular weight excluding hydrogens is 403 g/mol. The second-order valence-electron chi connectivity index (χ2n) is 6.51. The van der Waals surface area contributed by atoms with Gasteiger partial charge in [0.05, 0.1) is 16.6 Å². The molecule has 4 nitrogen and oxygen atoms in total. The number of hydrogen-bond acceptors (Lipinski definition) is 3. The maximum absolute atomic E-state index is 10.2. The first-order chi connectivity index (χ1) is 13.0. The van der Waals surface area contributed by atoms with E-state index >= 15 is 0 Å². The molecule has 1 aromatic heterocycles. The van der Waals surface area contributed by atoms with Crippen molar-refractivity contribution < 1.29 is 10.2 Å². The number of hydrogen-bond donors (Lipinski definition) is 3. The number of halogens is 1. The van der Waals surface area contributed by atoms with Gasteiger partial charge in [-0.2, -0.15) is 0 Å². The van der Waals surface area contributed by atoms with Crippen molar-refractivity contribution >= 4 is 61.8 Å². The van der Waals surface area contributed by atoms with Crippen LogP contribution in [0.3, 0.4) is 0 Å². The Labute approximate surface area is 164 Å².